The van der Waals surface area contributed by atoms with Crippen molar-refractivity contribution in [2.75, 3.05) is 57.8 Å². The van der Waals surface area contributed by atoms with Crippen LogP contribution in [-0.4, -0.2) is 77.0 Å². The quantitative estimate of drug-likeness (QED) is 0.0757. The molecule has 0 spiro atoms. The lowest BCUT2D eigenvalue weighted by atomic mass is 9.86. The molecule has 0 amide bonds. The smallest absolute Gasteiger partial charge is 0.137 e. The zero-order valence-electron chi connectivity index (χ0n) is 82.2. The van der Waals surface area contributed by atoms with Crippen LogP contribution < -0.4 is 28.7 Å². The standard InChI is InChI=1S/C13H21NO.C12H19NO.C12H21NO.C12H15N.C11H16FN.2C11H17N.C11H16O.C10H14.C6H12/c1-13(2,3)14-8-7-12(9-14)15-10-11-5-4-6-11;1-12(2,3)13-7-6-11(8-13)14-9-10-4-5-10;1-6-10(2)14-11-7-8-13(9-11)12(3,4)5;1-9(2)10-5-4-6-12-11(10)7-8-13(12)3;1-8(2)10-6-5-9(12)7-11(10)13(3)4;1-11(2,3)12-7-6-10(8-12)9-4-5-9;1-9(2)10-7-5-6-8-11(10)12(3)4;1-4-12-11-7-5-10(6-8-11)9(2)3;1-8(2)10-6-4-5-9(3)7-10;1-5(2)6-3-4-6/h7-9,11H,4-6,10H2,1-3H3;6-8,10H,4-5,9H2,1-3H3;7-10H,6H2,1-5H3;4-9H,1-3H3;5-8H,1-4H3;6-9H,4-5H2,1-3H3;5-9H,1-4H3;5-9H,4H2,1-3H3;4-8H,1-3H3;5-6H,3-4H2,1-2H3/t;;10-;;;;;;;/m..1......./s1. The van der Waals surface area contributed by atoms with Gasteiger partial charge in [-0.3, -0.25) is 0 Å². The molecule has 5 heterocycles. The summed E-state index contributed by atoms with van der Waals surface area (Å²) in [6.45, 7) is 63.9. The van der Waals surface area contributed by atoms with E-state index < -0.39 is 0 Å². The molecule has 670 valence electrons. The topological polar surface area (TPSA) is 68.1 Å². The number of halogens is 1. The number of hydrogen-bond donors (Lipinski definition) is 0. The lowest BCUT2D eigenvalue weighted by Crippen LogP contribution is -2.20. The van der Waals surface area contributed by atoms with Crippen LogP contribution in [-0.2, 0) is 29.2 Å². The lowest BCUT2D eigenvalue weighted by Gasteiger charge is -2.25. The maximum absolute atomic E-state index is 12.9. The van der Waals surface area contributed by atoms with Crippen LogP contribution in [0.25, 0.3) is 10.9 Å². The second-order valence-electron chi connectivity index (χ2n) is 40.3. The molecule has 4 saturated carbocycles. The molecule has 0 unspecified atom stereocenters. The molecule has 5 aromatic carbocycles. The number of aromatic nitrogens is 5. The Hall–Kier alpha value is -8.51. The summed E-state index contributed by atoms with van der Waals surface area (Å²) in [5, 5.41) is 1.39. The number of anilines is 2. The van der Waals surface area contributed by atoms with Gasteiger partial charge in [-0.1, -0.05) is 175 Å². The van der Waals surface area contributed by atoms with Crippen molar-refractivity contribution < 1.29 is 23.3 Å². The van der Waals surface area contributed by atoms with Crippen molar-refractivity contribution in [1.29, 1.82) is 0 Å². The number of benzene rings is 5. The van der Waals surface area contributed by atoms with Gasteiger partial charge in [0.2, 0.25) is 0 Å². The number of hydrogen-bond acceptors (Lipinski definition) is 6. The number of nitrogens with zero attached hydrogens (tertiary/aromatic N) is 7. The van der Waals surface area contributed by atoms with Gasteiger partial charge in [-0.05, 0) is 321 Å². The average molecular weight is 1660 g/mol. The van der Waals surface area contributed by atoms with Crippen LogP contribution in [0, 0.1) is 36.4 Å². The van der Waals surface area contributed by atoms with E-state index in [0.717, 1.165) is 84.5 Å². The van der Waals surface area contributed by atoms with Gasteiger partial charge in [0, 0.05) is 135 Å². The van der Waals surface area contributed by atoms with Crippen LogP contribution >= 0.6 is 0 Å². The Kier molecular flexibility index (Phi) is 41.8. The predicted octanol–water partition coefficient (Wildman–Crippen LogP) is 30.6. The van der Waals surface area contributed by atoms with Crippen molar-refractivity contribution in [2.24, 2.45) is 30.7 Å². The predicted molar refractivity (Wildman–Crippen MR) is 522 cm³/mol. The third-order valence-corrected chi connectivity index (χ3v) is 22.5. The molecule has 1 atom stereocenters. The summed E-state index contributed by atoms with van der Waals surface area (Å²) in [5.41, 5.74) is 14.0. The highest BCUT2D eigenvalue weighted by Gasteiger charge is 2.27. The maximum Gasteiger partial charge on any atom is 0.137 e. The lowest BCUT2D eigenvalue weighted by molar-refractivity contribution is 0.180. The van der Waals surface area contributed by atoms with E-state index >= 15 is 0 Å². The molecule has 10 aromatic rings. The van der Waals surface area contributed by atoms with Crippen molar-refractivity contribution in [3.05, 3.63) is 240 Å². The Morgan fingerprint density at radius 1 is 0.413 bits per heavy atom. The van der Waals surface area contributed by atoms with Gasteiger partial charge in [0.1, 0.15) is 28.8 Å². The summed E-state index contributed by atoms with van der Waals surface area (Å²) in [5.74, 6) is 11.2. The van der Waals surface area contributed by atoms with E-state index in [1.54, 1.807) is 6.07 Å². The normalized spacial score (nSPS) is 14.0. The van der Waals surface area contributed by atoms with Crippen LogP contribution in [0.3, 0.4) is 0 Å². The molecule has 0 aliphatic heterocycles. The monoisotopic (exact) mass is 1660 g/mol. The van der Waals surface area contributed by atoms with Crippen LogP contribution in [0.5, 0.6) is 23.0 Å². The van der Waals surface area contributed by atoms with Gasteiger partial charge in [0.05, 0.1) is 25.9 Å². The third kappa shape index (κ3) is 37.6. The van der Waals surface area contributed by atoms with Crippen molar-refractivity contribution >= 4 is 22.3 Å². The van der Waals surface area contributed by atoms with E-state index in [9.17, 15) is 4.39 Å². The molecule has 12 heteroatoms. The molecule has 0 radical (unpaired) electrons. The van der Waals surface area contributed by atoms with Gasteiger partial charge in [0.15, 0.2) is 0 Å². The highest BCUT2D eigenvalue weighted by atomic mass is 19.1. The first-order chi connectivity index (χ1) is 56.7. The number of aryl methyl sites for hydroxylation is 2. The van der Waals surface area contributed by atoms with Crippen LogP contribution in [0.15, 0.2) is 195 Å². The van der Waals surface area contributed by atoms with E-state index in [4.69, 9.17) is 18.9 Å². The maximum atomic E-state index is 12.9. The molecular weight excluding hydrogens is 1490 g/mol. The fourth-order valence-corrected chi connectivity index (χ4v) is 13.3. The fraction of sp³-hybridized carbons (Fsp3) is 0.560. The second kappa shape index (κ2) is 49.1. The number of ether oxygens (including phenoxy) is 4. The minimum atomic E-state index is -0.173. The summed E-state index contributed by atoms with van der Waals surface area (Å²) >= 11 is 0. The van der Waals surface area contributed by atoms with Gasteiger partial charge in [-0.25, -0.2) is 4.39 Å². The first kappa shape index (κ1) is 103. The second-order valence-corrected chi connectivity index (χ2v) is 40.3. The summed E-state index contributed by atoms with van der Waals surface area (Å²) in [6.07, 6.45) is 33.0. The third-order valence-electron chi connectivity index (χ3n) is 22.5. The molecule has 4 aliphatic rings. The Balaban J connectivity index is 0.000000240. The van der Waals surface area contributed by atoms with Gasteiger partial charge in [0.25, 0.3) is 0 Å². The minimum absolute atomic E-state index is 0.136. The molecule has 14 rings (SSSR count). The highest BCUT2D eigenvalue weighted by Crippen LogP contribution is 2.41. The summed E-state index contributed by atoms with van der Waals surface area (Å²) in [4.78, 5) is 4.10. The Labute approximate surface area is 737 Å². The number of para-hydroxylation sites is 1. The van der Waals surface area contributed by atoms with Crippen LogP contribution in [0.1, 0.15) is 326 Å². The zero-order chi connectivity index (χ0) is 90.3. The molecule has 0 N–H and O–H groups in total. The molecule has 4 aliphatic carbocycles. The number of rotatable bonds is 20. The van der Waals surface area contributed by atoms with E-state index in [1.165, 1.54) is 119 Å². The summed E-state index contributed by atoms with van der Waals surface area (Å²) < 4.78 is 46.5. The first-order valence-corrected chi connectivity index (χ1v) is 45.9. The molecular formula is C109H168FN7O4. The van der Waals surface area contributed by atoms with Crippen molar-refractivity contribution in [1.82, 2.24) is 22.8 Å². The Morgan fingerprint density at radius 2 is 0.876 bits per heavy atom. The van der Waals surface area contributed by atoms with Crippen LogP contribution in [0.2, 0.25) is 0 Å². The molecule has 5 aromatic heterocycles. The van der Waals surface area contributed by atoms with Crippen molar-refractivity contribution in [3.63, 3.8) is 0 Å². The van der Waals surface area contributed by atoms with Crippen molar-refractivity contribution in [3.8, 4) is 23.0 Å². The van der Waals surface area contributed by atoms with Gasteiger partial charge < -0.3 is 51.6 Å². The fourth-order valence-electron chi connectivity index (χ4n) is 13.3. The first-order valence-electron chi connectivity index (χ1n) is 45.9. The average Bonchev–Trinajstić information content (AvgIpc) is 1.68. The van der Waals surface area contributed by atoms with Crippen molar-refractivity contribution in [2.45, 2.75) is 322 Å². The Morgan fingerprint density at radius 3 is 1.26 bits per heavy atom. The minimum Gasteiger partial charge on any atom is -0.494 e. The van der Waals surface area contributed by atoms with E-state index in [1.807, 2.05) is 56.3 Å². The molecule has 4 fully saturated rings. The largest absolute Gasteiger partial charge is 0.494 e. The van der Waals surface area contributed by atoms with E-state index in [2.05, 4.69) is 389 Å². The summed E-state index contributed by atoms with van der Waals surface area (Å²) in [7, 11) is 10.1. The highest BCUT2D eigenvalue weighted by molar-refractivity contribution is 5.84. The molecule has 11 nitrogen and oxygen atoms in total. The molecule has 121 heavy (non-hydrogen) atoms. The van der Waals surface area contributed by atoms with Gasteiger partial charge >= 0.3 is 0 Å². The number of fused-ring (bicyclic) bond motifs is 1. The SMILES string of the molecule is CC(C)(C)n1ccc(C2CC2)c1.CC(C)(C)n1ccc(OCC2CC2)c1.CC(C)(C)n1ccc(OCC2CCC2)c1.CC(C)C1CC1.CC(C)c1ccc(F)cc1N(C)C.CC(C)c1cccc2c1ccn2C.CC(C)c1ccccc1N(C)C.CCOc1ccc(C(C)C)cc1.CC[C@@H](C)Oc1ccn(C(C)(C)C)c1.Cc1cccc(C(C)C)c1. The van der Waals surface area contributed by atoms with Crippen LogP contribution in [0.4, 0.5) is 15.8 Å². The Bertz CT molecular complexity index is 4460. The molecule has 0 saturated heterocycles. The van der Waals surface area contributed by atoms with E-state index in [0.29, 0.717) is 35.7 Å². The molecule has 0 bridgehead atoms. The zero-order valence-corrected chi connectivity index (χ0v) is 82.2. The van der Waals surface area contributed by atoms with E-state index in [-0.39, 0.29) is 28.0 Å². The van der Waals surface area contributed by atoms with Gasteiger partial charge in [-0.15, -0.1) is 0 Å². The van der Waals surface area contributed by atoms with Gasteiger partial charge in [-0.2, -0.15) is 0 Å². The summed E-state index contributed by atoms with van der Waals surface area (Å²) in [6, 6.07) is 47.6.